The Morgan fingerprint density at radius 2 is 1.56 bits per heavy atom. The highest BCUT2D eigenvalue weighted by Gasteiger charge is 2.81. The summed E-state index contributed by atoms with van der Waals surface area (Å²) in [5.41, 5.74) is -0.504. The Morgan fingerprint density at radius 1 is 1.11 bits per heavy atom. The monoisotopic (exact) mass is 256 g/mol. The highest BCUT2D eigenvalue weighted by molar-refractivity contribution is 5.84. The number of carbonyl (C=O) groups excluding carboxylic acids is 1. The van der Waals surface area contributed by atoms with Gasteiger partial charge in [-0.3, -0.25) is 4.79 Å². The molecule has 0 radical (unpaired) electrons. The Bertz CT molecular complexity index is 320. The normalized spacial score (nSPS) is 23.6. The SMILES string of the molecule is CC(C)(C)CC1(C(=O)OCCO)C(C)(C)C1(C)C. The largest absolute Gasteiger partial charge is 0.463 e. The molecule has 0 atom stereocenters. The van der Waals surface area contributed by atoms with Crippen molar-refractivity contribution in [1.82, 2.24) is 0 Å². The van der Waals surface area contributed by atoms with Crippen LogP contribution in [0.15, 0.2) is 0 Å². The van der Waals surface area contributed by atoms with Gasteiger partial charge in [-0.05, 0) is 22.7 Å². The summed E-state index contributed by atoms with van der Waals surface area (Å²) in [4.78, 5) is 12.5. The van der Waals surface area contributed by atoms with Gasteiger partial charge >= 0.3 is 5.97 Å². The lowest BCUT2D eigenvalue weighted by Gasteiger charge is -2.28. The van der Waals surface area contributed by atoms with E-state index in [1.807, 2.05) is 0 Å². The quantitative estimate of drug-likeness (QED) is 0.786. The molecule has 1 saturated carbocycles. The van der Waals surface area contributed by atoms with Crippen LogP contribution >= 0.6 is 0 Å². The summed E-state index contributed by atoms with van der Waals surface area (Å²) in [6.07, 6.45) is 0.810. The van der Waals surface area contributed by atoms with E-state index in [2.05, 4.69) is 48.5 Å². The van der Waals surface area contributed by atoms with Gasteiger partial charge in [-0.25, -0.2) is 0 Å². The summed E-state index contributed by atoms with van der Waals surface area (Å²) < 4.78 is 5.25. The van der Waals surface area contributed by atoms with Crippen LogP contribution in [-0.2, 0) is 9.53 Å². The van der Waals surface area contributed by atoms with E-state index in [-0.39, 0.29) is 35.4 Å². The zero-order valence-electron chi connectivity index (χ0n) is 12.9. The zero-order valence-corrected chi connectivity index (χ0v) is 12.9. The number of aliphatic hydroxyl groups is 1. The number of aliphatic hydroxyl groups excluding tert-OH is 1. The van der Waals surface area contributed by atoms with Crippen LogP contribution in [0, 0.1) is 21.7 Å². The van der Waals surface area contributed by atoms with Crippen LogP contribution in [0.5, 0.6) is 0 Å². The van der Waals surface area contributed by atoms with E-state index in [0.717, 1.165) is 6.42 Å². The maximum atomic E-state index is 12.5. The first-order valence-electron chi connectivity index (χ1n) is 6.72. The summed E-state index contributed by atoms with van der Waals surface area (Å²) in [5.74, 6) is -0.151. The van der Waals surface area contributed by atoms with Crippen molar-refractivity contribution in [1.29, 1.82) is 0 Å². The molecule has 0 bridgehead atoms. The van der Waals surface area contributed by atoms with Gasteiger partial charge in [0.15, 0.2) is 0 Å². The van der Waals surface area contributed by atoms with E-state index in [9.17, 15) is 4.79 Å². The van der Waals surface area contributed by atoms with Gasteiger partial charge in [0.1, 0.15) is 6.61 Å². The van der Waals surface area contributed by atoms with E-state index >= 15 is 0 Å². The standard InChI is InChI=1S/C15H28O3/c1-12(2,3)10-15(11(17)18-9-8-16)13(4,5)14(15,6)7/h16H,8-10H2,1-7H3. The lowest BCUT2D eigenvalue weighted by molar-refractivity contribution is -0.155. The minimum atomic E-state index is -0.437. The number of rotatable bonds is 4. The summed E-state index contributed by atoms with van der Waals surface area (Å²) in [5, 5.41) is 8.82. The van der Waals surface area contributed by atoms with Crippen molar-refractivity contribution in [2.24, 2.45) is 21.7 Å². The molecule has 0 aliphatic heterocycles. The number of carbonyl (C=O) groups is 1. The molecule has 3 nitrogen and oxygen atoms in total. The molecule has 1 aliphatic carbocycles. The Kier molecular flexibility index (Phi) is 3.63. The first-order chi connectivity index (χ1) is 7.94. The van der Waals surface area contributed by atoms with Gasteiger partial charge in [0, 0.05) is 0 Å². The third-order valence-corrected chi connectivity index (χ3v) is 5.10. The fourth-order valence-electron chi connectivity index (χ4n) is 3.51. The van der Waals surface area contributed by atoms with Crippen molar-refractivity contribution in [2.45, 2.75) is 54.9 Å². The van der Waals surface area contributed by atoms with Gasteiger partial charge in [0.05, 0.1) is 12.0 Å². The summed E-state index contributed by atoms with van der Waals surface area (Å²) in [6, 6.07) is 0. The van der Waals surface area contributed by atoms with Crippen LogP contribution in [0.3, 0.4) is 0 Å². The van der Waals surface area contributed by atoms with Crippen molar-refractivity contribution >= 4 is 5.97 Å². The number of hydrogen-bond acceptors (Lipinski definition) is 3. The zero-order chi connectivity index (χ0) is 14.4. The molecule has 0 spiro atoms. The van der Waals surface area contributed by atoms with Crippen LogP contribution in [0.2, 0.25) is 0 Å². The molecular weight excluding hydrogens is 228 g/mol. The third-order valence-electron chi connectivity index (χ3n) is 5.10. The molecule has 1 N–H and O–H groups in total. The minimum absolute atomic E-state index is 0.0696. The molecule has 3 heteroatoms. The first kappa shape index (κ1) is 15.5. The summed E-state index contributed by atoms with van der Waals surface area (Å²) in [6.45, 7) is 15.0. The maximum absolute atomic E-state index is 12.5. The smallest absolute Gasteiger partial charge is 0.313 e. The Hall–Kier alpha value is -0.570. The Labute approximate surface area is 111 Å². The second-order valence-corrected chi connectivity index (χ2v) is 7.75. The van der Waals surface area contributed by atoms with Crippen LogP contribution in [0.25, 0.3) is 0 Å². The van der Waals surface area contributed by atoms with Crippen molar-refractivity contribution in [3.63, 3.8) is 0 Å². The summed E-state index contributed by atoms with van der Waals surface area (Å²) >= 11 is 0. The molecule has 106 valence electrons. The van der Waals surface area contributed by atoms with Crippen molar-refractivity contribution in [3.8, 4) is 0 Å². The fraction of sp³-hybridized carbons (Fsp3) is 0.933. The molecule has 1 aliphatic rings. The van der Waals surface area contributed by atoms with Crippen LogP contribution < -0.4 is 0 Å². The second kappa shape index (κ2) is 4.22. The molecule has 0 aromatic rings. The highest BCUT2D eigenvalue weighted by atomic mass is 16.5. The topological polar surface area (TPSA) is 46.5 Å². The molecule has 0 aromatic carbocycles. The number of hydrogen-bond donors (Lipinski definition) is 1. The predicted molar refractivity (Wildman–Crippen MR) is 72.1 cm³/mol. The lowest BCUT2D eigenvalue weighted by atomic mass is 9.77. The predicted octanol–water partition coefficient (Wildman–Crippen LogP) is 3.01. The van der Waals surface area contributed by atoms with E-state index in [1.165, 1.54) is 0 Å². The molecular formula is C15H28O3. The van der Waals surface area contributed by atoms with Gasteiger partial charge in [-0.15, -0.1) is 0 Å². The third kappa shape index (κ3) is 1.97. The molecule has 0 saturated heterocycles. The molecule has 0 unspecified atom stereocenters. The van der Waals surface area contributed by atoms with Crippen molar-refractivity contribution in [3.05, 3.63) is 0 Å². The lowest BCUT2D eigenvalue weighted by Crippen LogP contribution is -2.31. The van der Waals surface area contributed by atoms with Crippen molar-refractivity contribution in [2.75, 3.05) is 13.2 Å². The highest BCUT2D eigenvalue weighted by Crippen LogP contribution is 2.80. The molecule has 1 rings (SSSR count). The van der Waals surface area contributed by atoms with E-state index in [0.29, 0.717) is 0 Å². The molecule has 0 amide bonds. The van der Waals surface area contributed by atoms with Gasteiger partial charge in [-0.2, -0.15) is 0 Å². The average molecular weight is 256 g/mol. The van der Waals surface area contributed by atoms with Gasteiger partial charge in [0.25, 0.3) is 0 Å². The van der Waals surface area contributed by atoms with Crippen LogP contribution in [0.4, 0.5) is 0 Å². The number of esters is 1. The van der Waals surface area contributed by atoms with Gasteiger partial charge in [0.2, 0.25) is 0 Å². The van der Waals surface area contributed by atoms with Gasteiger partial charge in [-0.1, -0.05) is 48.5 Å². The average Bonchev–Trinajstić information content (AvgIpc) is 2.51. The van der Waals surface area contributed by atoms with E-state index < -0.39 is 5.41 Å². The van der Waals surface area contributed by atoms with Crippen LogP contribution in [-0.4, -0.2) is 24.3 Å². The fourth-order valence-corrected chi connectivity index (χ4v) is 3.51. The van der Waals surface area contributed by atoms with Crippen molar-refractivity contribution < 1.29 is 14.6 Å². The first-order valence-corrected chi connectivity index (χ1v) is 6.72. The minimum Gasteiger partial charge on any atom is -0.463 e. The Balaban J connectivity index is 3.04. The second-order valence-electron chi connectivity index (χ2n) is 7.75. The molecule has 0 heterocycles. The number of ether oxygens (including phenoxy) is 1. The van der Waals surface area contributed by atoms with E-state index in [4.69, 9.17) is 9.84 Å². The van der Waals surface area contributed by atoms with Crippen LogP contribution in [0.1, 0.15) is 54.9 Å². The van der Waals surface area contributed by atoms with Gasteiger partial charge < -0.3 is 9.84 Å². The Morgan fingerprint density at radius 3 is 1.83 bits per heavy atom. The molecule has 0 aromatic heterocycles. The maximum Gasteiger partial charge on any atom is 0.313 e. The van der Waals surface area contributed by atoms with E-state index in [1.54, 1.807) is 0 Å². The summed E-state index contributed by atoms with van der Waals surface area (Å²) in [7, 11) is 0. The molecule has 18 heavy (non-hydrogen) atoms. The molecule has 1 fully saturated rings.